The minimum atomic E-state index is -0.277. The number of anilines is 1. The highest BCUT2D eigenvalue weighted by molar-refractivity contribution is 7.14. The Morgan fingerprint density at radius 2 is 2.23 bits per heavy atom. The van der Waals surface area contributed by atoms with E-state index in [4.69, 9.17) is 21.1 Å². The van der Waals surface area contributed by atoms with Crippen LogP contribution in [-0.2, 0) is 10.7 Å². The summed E-state index contributed by atoms with van der Waals surface area (Å²) in [6.07, 6.45) is 3.08. The van der Waals surface area contributed by atoms with Crippen molar-refractivity contribution in [3.8, 4) is 11.5 Å². The van der Waals surface area contributed by atoms with E-state index in [-0.39, 0.29) is 5.91 Å². The van der Waals surface area contributed by atoms with Crippen LogP contribution in [0.1, 0.15) is 11.3 Å². The van der Waals surface area contributed by atoms with E-state index in [9.17, 15) is 4.79 Å². The molecule has 22 heavy (non-hydrogen) atoms. The lowest BCUT2D eigenvalue weighted by Gasteiger charge is -2.07. The van der Waals surface area contributed by atoms with Crippen molar-refractivity contribution >= 4 is 40.1 Å². The maximum Gasteiger partial charge on any atom is 0.250 e. The molecule has 116 valence electrons. The van der Waals surface area contributed by atoms with Crippen molar-refractivity contribution < 1.29 is 14.3 Å². The summed E-state index contributed by atoms with van der Waals surface area (Å²) in [6, 6.07) is 5.36. The Kier molecular flexibility index (Phi) is 5.80. The van der Waals surface area contributed by atoms with Gasteiger partial charge in [-0.1, -0.05) is 0 Å². The number of ether oxygens (including phenoxy) is 2. The second-order valence-corrected chi connectivity index (χ2v) is 5.33. The summed E-state index contributed by atoms with van der Waals surface area (Å²) in [5, 5.41) is 5.00. The van der Waals surface area contributed by atoms with Gasteiger partial charge in [-0.15, -0.1) is 22.9 Å². The first-order valence-corrected chi connectivity index (χ1v) is 7.79. The zero-order valence-electron chi connectivity index (χ0n) is 12.1. The van der Waals surface area contributed by atoms with Gasteiger partial charge in [0.25, 0.3) is 0 Å². The quantitative estimate of drug-likeness (QED) is 0.646. The third-order valence-corrected chi connectivity index (χ3v) is 3.85. The van der Waals surface area contributed by atoms with E-state index >= 15 is 0 Å². The number of carbonyl (C=O) groups is 1. The Morgan fingerprint density at radius 1 is 1.41 bits per heavy atom. The highest BCUT2D eigenvalue weighted by atomic mass is 35.5. The van der Waals surface area contributed by atoms with Gasteiger partial charge in [-0.25, -0.2) is 4.98 Å². The number of alkyl halides is 1. The van der Waals surface area contributed by atoms with Gasteiger partial charge in [0.15, 0.2) is 5.13 Å². The summed E-state index contributed by atoms with van der Waals surface area (Å²) in [5.41, 5.74) is 1.48. The van der Waals surface area contributed by atoms with Crippen LogP contribution in [0.25, 0.3) is 6.08 Å². The van der Waals surface area contributed by atoms with Crippen molar-refractivity contribution in [1.29, 1.82) is 0 Å². The zero-order chi connectivity index (χ0) is 15.9. The monoisotopic (exact) mass is 338 g/mol. The van der Waals surface area contributed by atoms with Crippen LogP contribution < -0.4 is 14.8 Å². The molecule has 0 aliphatic carbocycles. The van der Waals surface area contributed by atoms with Gasteiger partial charge in [0.05, 0.1) is 25.8 Å². The smallest absolute Gasteiger partial charge is 0.250 e. The van der Waals surface area contributed by atoms with Crippen LogP contribution in [-0.4, -0.2) is 25.1 Å². The number of hydrogen-bond donors (Lipinski definition) is 1. The third kappa shape index (κ3) is 4.22. The molecule has 1 aromatic carbocycles. The van der Waals surface area contributed by atoms with Crippen LogP contribution in [0.5, 0.6) is 11.5 Å². The molecule has 1 N–H and O–H groups in total. The molecular weight excluding hydrogens is 324 g/mol. The summed E-state index contributed by atoms with van der Waals surface area (Å²) >= 11 is 7.00. The van der Waals surface area contributed by atoms with Crippen molar-refractivity contribution in [2.45, 2.75) is 5.88 Å². The number of nitrogens with one attached hydrogen (secondary N) is 1. The molecule has 0 bridgehead atoms. The van der Waals surface area contributed by atoms with Gasteiger partial charge in [-0.05, 0) is 24.3 Å². The molecule has 7 heteroatoms. The van der Waals surface area contributed by atoms with E-state index < -0.39 is 0 Å². The number of carbonyl (C=O) groups excluding carboxylic acids is 1. The third-order valence-electron chi connectivity index (χ3n) is 2.77. The lowest BCUT2D eigenvalue weighted by molar-refractivity contribution is -0.111. The molecule has 0 atom stereocenters. The normalized spacial score (nSPS) is 10.7. The number of rotatable bonds is 6. The Hall–Kier alpha value is -2.05. The number of aromatic nitrogens is 1. The second-order valence-electron chi connectivity index (χ2n) is 4.21. The first-order valence-electron chi connectivity index (χ1n) is 6.37. The van der Waals surface area contributed by atoms with Gasteiger partial charge in [0, 0.05) is 17.0 Å². The van der Waals surface area contributed by atoms with Crippen LogP contribution in [0.4, 0.5) is 5.13 Å². The molecule has 0 fully saturated rings. The van der Waals surface area contributed by atoms with Gasteiger partial charge < -0.3 is 9.47 Å². The van der Waals surface area contributed by atoms with E-state index in [2.05, 4.69) is 10.3 Å². The molecule has 0 aliphatic heterocycles. The molecule has 1 amide bonds. The number of benzene rings is 1. The second kappa shape index (κ2) is 7.82. The fourth-order valence-electron chi connectivity index (χ4n) is 1.71. The average molecular weight is 339 g/mol. The molecule has 1 heterocycles. The molecule has 0 aliphatic rings. The molecule has 0 unspecified atom stereocenters. The number of amides is 1. The summed E-state index contributed by atoms with van der Waals surface area (Å²) in [6.45, 7) is 0. The molecule has 2 rings (SSSR count). The maximum atomic E-state index is 11.9. The SMILES string of the molecule is COc1ccc(OC)c(/C=C/C(=O)Nc2nc(CCl)cs2)c1. The van der Waals surface area contributed by atoms with E-state index in [0.717, 1.165) is 11.3 Å². The van der Waals surface area contributed by atoms with Gasteiger partial charge in [0.2, 0.25) is 5.91 Å². The molecule has 5 nitrogen and oxygen atoms in total. The van der Waals surface area contributed by atoms with Gasteiger partial charge in [-0.2, -0.15) is 0 Å². The van der Waals surface area contributed by atoms with Crippen molar-refractivity contribution in [2.24, 2.45) is 0 Å². The first-order chi connectivity index (χ1) is 10.7. The molecule has 0 saturated carbocycles. The van der Waals surface area contributed by atoms with Crippen LogP contribution in [0.2, 0.25) is 0 Å². The molecular formula is C15H15ClN2O3S. The number of halogens is 1. The van der Waals surface area contributed by atoms with Crippen LogP contribution >= 0.6 is 22.9 Å². The lowest BCUT2D eigenvalue weighted by atomic mass is 10.1. The fourth-order valence-corrected chi connectivity index (χ4v) is 2.65. The first kappa shape index (κ1) is 16.3. The van der Waals surface area contributed by atoms with Gasteiger partial charge in [0.1, 0.15) is 11.5 Å². The molecule has 2 aromatic rings. The zero-order valence-corrected chi connectivity index (χ0v) is 13.7. The molecule has 0 spiro atoms. The molecule has 0 radical (unpaired) electrons. The predicted molar refractivity (Wildman–Crippen MR) is 88.9 cm³/mol. The van der Waals surface area contributed by atoms with E-state index in [1.54, 1.807) is 43.9 Å². The minimum absolute atomic E-state index is 0.277. The number of thiazole rings is 1. The lowest BCUT2D eigenvalue weighted by Crippen LogP contribution is -2.07. The van der Waals surface area contributed by atoms with E-state index in [1.807, 2.05) is 0 Å². The topological polar surface area (TPSA) is 60.5 Å². The van der Waals surface area contributed by atoms with Gasteiger partial charge in [-0.3, -0.25) is 10.1 Å². The van der Waals surface area contributed by atoms with Crippen LogP contribution in [0.3, 0.4) is 0 Å². The highest BCUT2D eigenvalue weighted by Crippen LogP contribution is 2.25. The Labute approximate surface area is 137 Å². The largest absolute Gasteiger partial charge is 0.497 e. The van der Waals surface area contributed by atoms with Crippen molar-refractivity contribution in [1.82, 2.24) is 4.98 Å². The predicted octanol–water partition coefficient (Wildman–Crippen LogP) is 3.55. The Morgan fingerprint density at radius 3 is 2.86 bits per heavy atom. The van der Waals surface area contributed by atoms with Crippen LogP contribution in [0.15, 0.2) is 29.7 Å². The van der Waals surface area contributed by atoms with Crippen molar-refractivity contribution in [3.05, 3.63) is 40.9 Å². The number of hydrogen-bond acceptors (Lipinski definition) is 5. The Bertz CT molecular complexity index is 685. The summed E-state index contributed by atoms with van der Waals surface area (Å²) in [5.74, 6) is 1.39. The standard InChI is InChI=1S/C15H15ClN2O3S/c1-20-12-4-5-13(21-2)10(7-12)3-6-14(19)18-15-17-11(8-16)9-22-15/h3-7,9H,8H2,1-2H3,(H,17,18,19)/b6-3+. The highest BCUT2D eigenvalue weighted by Gasteiger charge is 2.05. The maximum absolute atomic E-state index is 11.9. The van der Waals surface area contributed by atoms with E-state index in [0.29, 0.717) is 22.5 Å². The summed E-state index contributed by atoms with van der Waals surface area (Å²) in [7, 11) is 3.15. The minimum Gasteiger partial charge on any atom is -0.497 e. The fraction of sp³-hybridized carbons (Fsp3) is 0.200. The molecule has 0 saturated heterocycles. The summed E-state index contributed by atoms with van der Waals surface area (Å²) < 4.78 is 10.4. The molecule has 1 aromatic heterocycles. The van der Waals surface area contributed by atoms with E-state index in [1.165, 1.54) is 17.4 Å². The van der Waals surface area contributed by atoms with Gasteiger partial charge >= 0.3 is 0 Å². The summed E-state index contributed by atoms with van der Waals surface area (Å²) in [4.78, 5) is 16.1. The number of nitrogens with zero attached hydrogens (tertiary/aromatic N) is 1. The number of methoxy groups -OCH3 is 2. The van der Waals surface area contributed by atoms with Crippen LogP contribution in [0, 0.1) is 0 Å². The van der Waals surface area contributed by atoms with Crippen molar-refractivity contribution in [2.75, 3.05) is 19.5 Å². The Balaban J connectivity index is 2.08. The average Bonchev–Trinajstić information content (AvgIpc) is 3.00. The van der Waals surface area contributed by atoms with Crippen molar-refractivity contribution in [3.63, 3.8) is 0 Å².